The second-order valence-corrected chi connectivity index (χ2v) is 3.91. The van der Waals surface area contributed by atoms with Gasteiger partial charge in [-0.25, -0.2) is 0 Å². The first-order chi connectivity index (χ1) is 5.58. The van der Waals surface area contributed by atoms with E-state index in [9.17, 15) is 4.79 Å². The molecule has 3 heteroatoms. The van der Waals surface area contributed by atoms with Gasteiger partial charge in [0.25, 0.3) is 0 Å². The Morgan fingerprint density at radius 1 is 1.50 bits per heavy atom. The van der Waals surface area contributed by atoms with Gasteiger partial charge in [0.1, 0.15) is 6.61 Å². The van der Waals surface area contributed by atoms with Crippen LogP contribution in [0.3, 0.4) is 0 Å². The van der Waals surface area contributed by atoms with E-state index >= 15 is 0 Å². The minimum Gasteiger partial charge on any atom is -0.463 e. The predicted octanol–water partition coefficient (Wildman–Crippen LogP) is 1.22. The maximum Gasteiger partial charge on any atom is 0.309 e. The van der Waals surface area contributed by atoms with Crippen LogP contribution in [0, 0.1) is 11.3 Å². The predicted molar refractivity (Wildman–Crippen MR) is 44.7 cm³/mol. The second kappa shape index (κ2) is 3.44. The fourth-order valence-electron chi connectivity index (χ4n) is 1.20. The summed E-state index contributed by atoms with van der Waals surface area (Å²) in [6.45, 7) is 5.02. The van der Waals surface area contributed by atoms with E-state index in [2.05, 4.69) is 13.8 Å². The summed E-state index contributed by atoms with van der Waals surface area (Å²) in [5.74, 6) is 0.0476. The molecular weight excluding hydrogens is 156 g/mol. The summed E-state index contributed by atoms with van der Waals surface area (Å²) in [5.41, 5.74) is 0.171. The normalized spacial score (nSPS) is 25.1. The molecule has 0 bridgehead atoms. The quantitative estimate of drug-likeness (QED) is 0.472. The molecule has 1 unspecified atom stereocenters. The highest BCUT2D eigenvalue weighted by Crippen LogP contribution is 2.52. The number of ether oxygens (including phenoxy) is 2. The van der Waals surface area contributed by atoms with Crippen LogP contribution in [0.1, 0.15) is 20.3 Å². The summed E-state index contributed by atoms with van der Waals surface area (Å²) in [7, 11) is 1.59. The van der Waals surface area contributed by atoms with Crippen LogP contribution in [0.2, 0.25) is 0 Å². The Balaban J connectivity index is 2.14. The molecule has 1 aliphatic rings. The fourth-order valence-corrected chi connectivity index (χ4v) is 1.20. The number of esters is 1. The van der Waals surface area contributed by atoms with Crippen LogP contribution in [0.4, 0.5) is 0 Å². The molecule has 3 nitrogen and oxygen atoms in total. The summed E-state index contributed by atoms with van der Waals surface area (Å²) in [6.07, 6.45) is 0.957. The highest BCUT2D eigenvalue weighted by Gasteiger charge is 2.51. The molecule has 12 heavy (non-hydrogen) atoms. The number of hydrogen-bond acceptors (Lipinski definition) is 3. The molecule has 0 amide bonds. The van der Waals surface area contributed by atoms with E-state index in [0.717, 1.165) is 6.42 Å². The van der Waals surface area contributed by atoms with Gasteiger partial charge >= 0.3 is 5.97 Å². The van der Waals surface area contributed by atoms with Crippen molar-refractivity contribution in [3.05, 3.63) is 0 Å². The van der Waals surface area contributed by atoms with Crippen LogP contribution in [-0.4, -0.2) is 26.3 Å². The Morgan fingerprint density at radius 3 is 2.50 bits per heavy atom. The van der Waals surface area contributed by atoms with Gasteiger partial charge in [-0.15, -0.1) is 0 Å². The zero-order valence-corrected chi connectivity index (χ0v) is 7.92. The molecule has 0 aromatic rings. The van der Waals surface area contributed by atoms with E-state index in [0.29, 0.717) is 13.2 Å². The summed E-state index contributed by atoms with van der Waals surface area (Å²) in [4.78, 5) is 11.2. The number of methoxy groups -OCH3 is 1. The van der Waals surface area contributed by atoms with Crippen LogP contribution in [0.25, 0.3) is 0 Å². The van der Waals surface area contributed by atoms with Crippen molar-refractivity contribution in [3.8, 4) is 0 Å². The number of carbonyl (C=O) groups is 1. The van der Waals surface area contributed by atoms with Gasteiger partial charge < -0.3 is 9.47 Å². The monoisotopic (exact) mass is 172 g/mol. The van der Waals surface area contributed by atoms with Crippen LogP contribution in [0.15, 0.2) is 0 Å². The molecule has 1 atom stereocenters. The van der Waals surface area contributed by atoms with Crippen molar-refractivity contribution in [1.82, 2.24) is 0 Å². The topological polar surface area (TPSA) is 35.5 Å². The van der Waals surface area contributed by atoms with E-state index < -0.39 is 0 Å². The van der Waals surface area contributed by atoms with Gasteiger partial charge in [0.15, 0.2) is 0 Å². The summed E-state index contributed by atoms with van der Waals surface area (Å²) < 4.78 is 9.75. The molecule has 70 valence electrons. The third-order valence-electron chi connectivity index (χ3n) is 2.33. The SMILES string of the molecule is COCCOC(=O)C1CC1(C)C. The summed E-state index contributed by atoms with van der Waals surface area (Å²) in [5, 5.41) is 0. The smallest absolute Gasteiger partial charge is 0.309 e. The molecule has 0 heterocycles. The molecule has 1 aliphatic carbocycles. The largest absolute Gasteiger partial charge is 0.463 e. The number of carbonyl (C=O) groups excluding carboxylic acids is 1. The lowest BCUT2D eigenvalue weighted by Crippen LogP contribution is -2.13. The molecule has 0 aromatic carbocycles. The maximum atomic E-state index is 11.2. The maximum absolute atomic E-state index is 11.2. The van der Waals surface area contributed by atoms with Gasteiger partial charge in [-0.3, -0.25) is 4.79 Å². The zero-order valence-electron chi connectivity index (χ0n) is 7.92. The van der Waals surface area contributed by atoms with Crippen LogP contribution < -0.4 is 0 Å². The molecule has 0 N–H and O–H groups in total. The van der Waals surface area contributed by atoms with Crippen molar-refractivity contribution in [2.24, 2.45) is 11.3 Å². The Bertz CT molecular complexity index is 175. The van der Waals surface area contributed by atoms with E-state index in [1.807, 2.05) is 0 Å². The minimum absolute atomic E-state index is 0.0722. The van der Waals surface area contributed by atoms with Gasteiger partial charge in [0, 0.05) is 7.11 Å². The van der Waals surface area contributed by atoms with Gasteiger partial charge in [-0.1, -0.05) is 13.8 Å². The van der Waals surface area contributed by atoms with Gasteiger partial charge in [-0.2, -0.15) is 0 Å². The van der Waals surface area contributed by atoms with Crippen LogP contribution in [-0.2, 0) is 14.3 Å². The number of rotatable bonds is 4. The first kappa shape index (κ1) is 9.52. The molecule has 0 aliphatic heterocycles. The van der Waals surface area contributed by atoms with E-state index in [1.54, 1.807) is 7.11 Å². The van der Waals surface area contributed by atoms with Crippen molar-refractivity contribution in [2.45, 2.75) is 20.3 Å². The average Bonchev–Trinajstić information content (AvgIpc) is 2.60. The van der Waals surface area contributed by atoms with Crippen LogP contribution >= 0.6 is 0 Å². The second-order valence-electron chi connectivity index (χ2n) is 3.91. The van der Waals surface area contributed by atoms with Gasteiger partial charge in [-0.05, 0) is 11.8 Å². The van der Waals surface area contributed by atoms with E-state index in [-0.39, 0.29) is 17.3 Å². The average molecular weight is 172 g/mol. The summed E-state index contributed by atoms with van der Waals surface area (Å²) >= 11 is 0. The first-order valence-corrected chi connectivity index (χ1v) is 4.23. The fraction of sp³-hybridized carbons (Fsp3) is 0.889. The summed E-state index contributed by atoms with van der Waals surface area (Å²) in [6, 6.07) is 0. The van der Waals surface area contributed by atoms with Crippen molar-refractivity contribution < 1.29 is 14.3 Å². The molecular formula is C9H16O3. The standard InChI is InChI=1S/C9H16O3/c1-9(2)6-7(9)8(10)12-5-4-11-3/h7H,4-6H2,1-3H3. The Hall–Kier alpha value is -0.570. The zero-order chi connectivity index (χ0) is 9.19. The highest BCUT2D eigenvalue weighted by molar-refractivity contribution is 5.76. The molecule has 1 fully saturated rings. The Kier molecular flexibility index (Phi) is 2.73. The third-order valence-corrected chi connectivity index (χ3v) is 2.33. The first-order valence-electron chi connectivity index (χ1n) is 4.23. The lowest BCUT2D eigenvalue weighted by molar-refractivity contribution is -0.147. The highest BCUT2D eigenvalue weighted by atomic mass is 16.6. The number of hydrogen-bond donors (Lipinski definition) is 0. The van der Waals surface area contributed by atoms with E-state index in [1.165, 1.54) is 0 Å². The Morgan fingerprint density at radius 2 is 2.08 bits per heavy atom. The van der Waals surface area contributed by atoms with E-state index in [4.69, 9.17) is 9.47 Å². The van der Waals surface area contributed by atoms with Gasteiger partial charge in [0.2, 0.25) is 0 Å². The third kappa shape index (κ3) is 2.21. The minimum atomic E-state index is -0.0722. The molecule has 0 aromatic heterocycles. The lowest BCUT2D eigenvalue weighted by atomic mass is 10.1. The molecule has 0 saturated heterocycles. The molecule has 0 spiro atoms. The van der Waals surface area contributed by atoms with Crippen molar-refractivity contribution in [2.75, 3.05) is 20.3 Å². The van der Waals surface area contributed by atoms with Crippen molar-refractivity contribution in [1.29, 1.82) is 0 Å². The van der Waals surface area contributed by atoms with Crippen LogP contribution in [0.5, 0.6) is 0 Å². The van der Waals surface area contributed by atoms with Crippen molar-refractivity contribution in [3.63, 3.8) is 0 Å². The molecule has 1 rings (SSSR count). The van der Waals surface area contributed by atoms with Crippen molar-refractivity contribution >= 4 is 5.97 Å². The van der Waals surface area contributed by atoms with Gasteiger partial charge in [0.05, 0.1) is 12.5 Å². The Labute approximate surface area is 73.0 Å². The molecule has 0 radical (unpaired) electrons. The lowest BCUT2D eigenvalue weighted by Gasteiger charge is -2.04. The molecule has 1 saturated carbocycles.